The van der Waals surface area contributed by atoms with Gasteiger partial charge in [0, 0.05) is 68.2 Å². The number of hydrogen-bond acceptors (Lipinski definition) is 27. The van der Waals surface area contributed by atoms with Crippen LogP contribution in [0.4, 0.5) is 0 Å². The predicted molar refractivity (Wildman–Crippen MR) is 346 cm³/mol. The summed E-state index contributed by atoms with van der Waals surface area (Å²) in [5, 5.41) is 121. The number of fused-ring (bicyclic) bond motifs is 3. The fourth-order valence-corrected chi connectivity index (χ4v) is 13.5. The molecule has 4 aliphatic heterocycles. The third-order valence-electron chi connectivity index (χ3n) is 17.4. The van der Waals surface area contributed by atoms with E-state index in [2.05, 4.69) is 54.7 Å². The van der Waals surface area contributed by atoms with Gasteiger partial charge in [0.1, 0.15) is 59.2 Å². The number of unbranched alkanes of at least 4 members (excludes halogenated alkanes) is 2. The number of β-amino-alcohol motifs (C(OH)–C–C–N with tert-alkyl or cyclic N) is 1. The summed E-state index contributed by atoms with van der Waals surface area (Å²) in [4.78, 5) is 123. The first-order chi connectivity index (χ1) is 47.2. The Hall–Kier alpha value is -7.21. The van der Waals surface area contributed by atoms with Crippen molar-refractivity contribution in [2.75, 3.05) is 45.9 Å². The molecule has 0 aliphatic carbocycles. The van der Waals surface area contributed by atoms with Crippen LogP contribution < -0.4 is 76.1 Å². The molecule has 0 radical (unpaired) electrons. The zero-order chi connectivity index (χ0) is 71.5. The molecule has 6 heterocycles. The van der Waals surface area contributed by atoms with Crippen LogP contribution in [0.15, 0.2) is 72.9 Å². The Balaban J connectivity index is 0.0000127. The van der Waals surface area contributed by atoms with Crippen molar-refractivity contribution in [2.24, 2.45) is 11.7 Å². The number of ether oxygens (including phenoxy) is 2. The van der Waals surface area contributed by atoms with Crippen molar-refractivity contribution in [3.05, 3.63) is 84.1 Å². The topological polar surface area (TPSA) is 494 Å². The molecule has 2 aromatic heterocycles. The summed E-state index contributed by atoms with van der Waals surface area (Å²) in [6.07, 6.45) is -11.0. The second-order valence-electron chi connectivity index (χ2n) is 25.1. The molecule has 4 fully saturated rings. The second-order valence-corrected chi connectivity index (χ2v) is 26.5. The number of hydrogen-bond donors (Lipinski definition) is 14. The number of imidazole rings is 1. The summed E-state index contributed by atoms with van der Waals surface area (Å²) in [7, 11) is 0. The number of aromatic nitrogens is 3. The predicted octanol–water partition coefficient (Wildman–Crippen LogP) is -6.03. The van der Waals surface area contributed by atoms with Crippen molar-refractivity contribution in [2.45, 2.75) is 157 Å². The molecular weight excluding hydrogens is 1360 g/mol. The van der Waals surface area contributed by atoms with E-state index in [1.165, 1.54) is 30.4 Å². The van der Waals surface area contributed by atoms with Gasteiger partial charge in [-0.2, -0.15) is 5.10 Å². The van der Waals surface area contributed by atoms with Crippen LogP contribution >= 0.6 is 23.7 Å². The van der Waals surface area contributed by atoms with Crippen LogP contribution in [0, 0.1) is 5.92 Å². The number of benzene rings is 3. The molecule has 0 saturated carbocycles. The minimum atomic E-state index is -2.54. The molecule has 16 atom stereocenters. The zero-order valence-electron chi connectivity index (χ0n) is 55.2. The molecule has 13 unspecified atom stereocenters. The van der Waals surface area contributed by atoms with Gasteiger partial charge in [0.15, 0.2) is 11.5 Å². The van der Waals surface area contributed by atoms with Crippen molar-refractivity contribution in [1.29, 1.82) is 0 Å². The third-order valence-corrected chi connectivity index (χ3v) is 18.7. The van der Waals surface area contributed by atoms with Gasteiger partial charge in [0.2, 0.25) is 46.3 Å². The first-order valence-electron chi connectivity index (χ1n) is 32.0. The quantitative estimate of drug-likeness (QED) is 0.0101. The summed E-state index contributed by atoms with van der Waals surface area (Å²) in [5.41, 5.74) is 6.94. The van der Waals surface area contributed by atoms with Crippen molar-refractivity contribution in [1.82, 2.24) is 55.9 Å². The number of nitrogens with two attached hydrogens (primary N) is 1. The van der Waals surface area contributed by atoms with E-state index in [4.69, 9.17) is 29.5 Å². The van der Waals surface area contributed by atoms with Crippen LogP contribution in [0.2, 0.25) is 0 Å². The second kappa shape index (κ2) is 35.6. The maximum absolute atomic E-state index is 14.7. The normalized spacial score (nSPS) is 26.5. The van der Waals surface area contributed by atoms with E-state index in [0.29, 0.717) is 27.8 Å². The molecule has 538 valence electrons. The molecule has 0 spiro atoms. The molecule has 100 heavy (non-hydrogen) atoms. The number of aliphatic hydroxyl groups is 7. The van der Waals surface area contributed by atoms with Crippen LogP contribution in [0.1, 0.15) is 88.2 Å². The summed E-state index contributed by atoms with van der Waals surface area (Å²) in [6.45, 7) is 8.39. The first-order valence-corrected chi connectivity index (χ1v) is 33.5. The largest absolute Gasteiger partial charge is 1.00 e. The van der Waals surface area contributed by atoms with Crippen LogP contribution in [-0.2, 0) is 47.7 Å². The molecule has 4 aliphatic rings. The standard InChI is InChI=1S/C63H82N12O22S2.Na/c1-30-25-74-51(52(30)82)59(89)65-24-38(77)21-41(66-55(85)35-10-8-34(9-11-35)42-29-75-63(67-42)98-60(71-75)36-12-15-40(16-13-36)93-19-7-5-6-18-72-26-31(2)94-32(3)27-72)56(86)68-48(33(4)76)61(90)73-28-39(78)22-43(73)57(87)70-50(58(88)69-49(62(74)91)45(80)23-47(64)81)54(84)53(83)37-14-17-44(79)46(20-37)95-99-97-96-92;/h8-17,20,29-33,38-39,41,43,45,48-54,76-80,82-84,92H,5-7,18-19,21-28H2,1-4H3,(H2,64,81)(H,65,89)(H,66,85)(H,68,86)(H,69,88)(H,70,87);/q;+1/p-1/t30?,31-,32+,33?,38?,39?,41-,43?,45?,48?,49?,50?,51?,52?,53?,54?;/m0./s1. The van der Waals surface area contributed by atoms with Gasteiger partial charge in [-0.15, -0.1) is 4.33 Å². The van der Waals surface area contributed by atoms with Gasteiger partial charge in [-0.25, -0.2) is 9.50 Å². The number of nitrogens with one attached hydrogen (secondary N) is 5. The van der Waals surface area contributed by atoms with Crippen molar-refractivity contribution >= 4 is 75.9 Å². The van der Waals surface area contributed by atoms with E-state index in [1.54, 1.807) is 22.8 Å². The Morgan fingerprint density at radius 3 is 2.14 bits per heavy atom. The smallest absolute Gasteiger partial charge is 0.691 e. The summed E-state index contributed by atoms with van der Waals surface area (Å²) in [5.74, 6) is -11.3. The Morgan fingerprint density at radius 1 is 0.800 bits per heavy atom. The first kappa shape index (κ1) is 78.5. The Labute approximate surface area is 603 Å². The molecule has 8 amide bonds. The molecule has 4 saturated heterocycles. The number of aliphatic hydroxyl groups excluding tert-OH is 7. The van der Waals surface area contributed by atoms with Gasteiger partial charge in [-0.1, -0.05) is 36.5 Å². The maximum Gasteiger partial charge on any atom is 1.00 e. The number of carbonyl (C=O) groups is 8. The summed E-state index contributed by atoms with van der Waals surface area (Å²) < 4.78 is 22.6. The monoisotopic (exact) mass is 1440 g/mol. The summed E-state index contributed by atoms with van der Waals surface area (Å²) >= 11 is 1.26. The van der Waals surface area contributed by atoms with Crippen LogP contribution in [0.3, 0.4) is 0 Å². The number of phenolic OH excluding ortho intramolecular Hbond substituents is 1. The Morgan fingerprint density at radius 2 is 1.47 bits per heavy atom. The summed E-state index contributed by atoms with van der Waals surface area (Å²) in [6, 6.07) is 4.21. The van der Waals surface area contributed by atoms with Crippen molar-refractivity contribution < 1.29 is 137 Å². The van der Waals surface area contributed by atoms with E-state index in [9.17, 15) is 84.5 Å². The number of morpholine rings is 1. The number of amides is 8. The van der Waals surface area contributed by atoms with E-state index in [1.807, 2.05) is 24.3 Å². The fourth-order valence-electron chi connectivity index (χ4n) is 12.4. The van der Waals surface area contributed by atoms with Gasteiger partial charge in [-0.3, -0.25) is 48.3 Å². The minimum Gasteiger partial charge on any atom is -0.691 e. The number of aromatic hydroxyl groups is 1. The maximum atomic E-state index is 14.7. The van der Waals surface area contributed by atoms with Gasteiger partial charge in [0.25, 0.3) is 18.2 Å². The number of rotatable bonds is 22. The molecule has 37 heteroatoms. The van der Waals surface area contributed by atoms with Gasteiger partial charge in [-0.05, 0) is 101 Å². The van der Waals surface area contributed by atoms with Gasteiger partial charge >= 0.3 is 29.6 Å². The SMILES string of the molecule is CC(O)C1NC(=O)[C@@H](NC(=O)c2ccc(-c3cn4nc(-c5ccc(OCCCCCN6C[C@@H](C)O[C@@H](C)C6)cc5)sc4n3)cc2)CC(O)CNC(=O)C2C(O)C(C)CN2C(=O)C(C(O)CC(N)=O)NC(=O)C(C(O)C(O)c2ccc(O)c(OSOO[O-])c2)NC(=O)C2CC(O)CN2C1=O.[Na+]. The average Bonchev–Trinajstić information content (AvgIpc) is 1.62. The molecule has 3 aromatic carbocycles. The molecule has 9 rings (SSSR count). The Bertz CT molecular complexity index is 3630. The van der Waals surface area contributed by atoms with Crippen LogP contribution in [0.5, 0.6) is 17.2 Å². The molecule has 15 N–H and O–H groups in total. The minimum absolute atomic E-state index is 0. The van der Waals surface area contributed by atoms with Crippen LogP contribution in [-0.4, -0.2) is 248 Å². The number of phenols is 1. The molecule has 5 aromatic rings. The van der Waals surface area contributed by atoms with Crippen molar-refractivity contribution in [3.8, 4) is 39.1 Å². The van der Waals surface area contributed by atoms with E-state index >= 15 is 0 Å². The molecule has 0 bridgehead atoms. The van der Waals surface area contributed by atoms with Crippen LogP contribution in [0.25, 0.3) is 26.8 Å². The number of carbonyl (C=O) groups excluding carboxylic acids is 8. The molecule has 34 nitrogen and oxygen atoms in total. The number of primary amides is 1. The van der Waals surface area contributed by atoms with E-state index in [0.717, 1.165) is 85.1 Å². The molecular formula is C63H81N12NaO22S2. The zero-order valence-corrected chi connectivity index (χ0v) is 58.9. The van der Waals surface area contributed by atoms with E-state index < -0.39 is 183 Å². The Kier molecular flexibility index (Phi) is 27.9. The number of nitrogens with zero attached hydrogens (tertiary/aromatic N) is 6. The van der Waals surface area contributed by atoms with E-state index in [-0.39, 0.29) is 65.2 Å². The van der Waals surface area contributed by atoms with Gasteiger partial charge < -0.3 is 102 Å². The fraction of sp³-hybridized carbons (Fsp3) is 0.524. The van der Waals surface area contributed by atoms with Gasteiger partial charge in [0.05, 0.1) is 67.6 Å². The van der Waals surface area contributed by atoms with Crippen molar-refractivity contribution in [3.63, 3.8) is 0 Å². The third kappa shape index (κ3) is 19.7. The average molecular weight is 1450 g/mol.